The lowest BCUT2D eigenvalue weighted by Crippen LogP contribution is -2.30. The fourth-order valence-corrected chi connectivity index (χ4v) is 3.52. The summed E-state index contributed by atoms with van der Waals surface area (Å²) in [5.74, 6) is -0.202. The van der Waals surface area contributed by atoms with Gasteiger partial charge in [-0.15, -0.1) is 0 Å². The lowest BCUT2D eigenvalue weighted by Gasteiger charge is -2.25. The largest absolute Gasteiger partial charge is 0.756 e. The molecule has 15 nitrogen and oxygen atoms in total. The minimum Gasteiger partial charge on any atom is -0.756 e. The number of nitrogens with zero attached hydrogens (tertiary/aromatic N) is 3. The second-order valence-electron chi connectivity index (χ2n) is 5.52. The van der Waals surface area contributed by atoms with Crippen molar-refractivity contribution < 1.29 is 42.5 Å². The lowest BCUT2D eigenvalue weighted by molar-refractivity contribution is -0.228. The predicted octanol–water partition coefficient (Wildman–Crippen LogP) is -2.69. The molecule has 27 heavy (non-hydrogen) atoms. The van der Waals surface area contributed by atoms with Gasteiger partial charge < -0.3 is 39.1 Å². The van der Waals surface area contributed by atoms with E-state index in [4.69, 9.17) is 20.3 Å². The topological polar surface area (TPSA) is 238 Å². The molecule has 0 saturated carbocycles. The van der Waals surface area contributed by atoms with Crippen LogP contribution in [0.25, 0.3) is 11.2 Å². The van der Waals surface area contributed by atoms with Gasteiger partial charge in [-0.2, -0.15) is 4.98 Å². The van der Waals surface area contributed by atoms with Gasteiger partial charge >= 0.3 is 0 Å². The van der Waals surface area contributed by atoms with Crippen LogP contribution in [0.3, 0.4) is 0 Å². The third kappa shape index (κ3) is 4.79. The number of rotatable bonds is 6. The SMILES string of the molecule is Nc1nc2c(ncn2[C@H]2C[C@H](OP(=O)([O-])O)[C@@H](COP(=O)([O-])O)O2)c(=O)[nH]1. The molecule has 3 heterocycles. The van der Waals surface area contributed by atoms with Gasteiger partial charge in [-0.1, -0.05) is 0 Å². The van der Waals surface area contributed by atoms with Gasteiger partial charge in [0.1, 0.15) is 12.3 Å². The molecule has 5 atom stereocenters. The van der Waals surface area contributed by atoms with Crippen molar-refractivity contribution in [3.8, 4) is 0 Å². The van der Waals surface area contributed by atoms with E-state index < -0.39 is 46.2 Å². The normalized spacial score (nSPS) is 27.5. The van der Waals surface area contributed by atoms with Crippen molar-refractivity contribution in [2.24, 2.45) is 0 Å². The smallest absolute Gasteiger partial charge is 0.280 e. The Morgan fingerprint density at radius 2 is 2.11 bits per heavy atom. The van der Waals surface area contributed by atoms with E-state index in [1.165, 1.54) is 10.9 Å². The predicted molar refractivity (Wildman–Crippen MR) is 81.6 cm³/mol. The van der Waals surface area contributed by atoms with Gasteiger partial charge in [0.15, 0.2) is 11.2 Å². The van der Waals surface area contributed by atoms with Gasteiger partial charge in [-0.05, 0) is 0 Å². The summed E-state index contributed by atoms with van der Waals surface area (Å²) in [6.45, 7) is -0.790. The van der Waals surface area contributed by atoms with E-state index in [1.54, 1.807) is 0 Å². The number of ether oxygens (including phenoxy) is 1. The van der Waals surface area contributed by atoms with Crippen LogP contribution in [-0.4, -0.2) is 48.1 Å². The number of aromatic amines is 1. The molecule has 1 fully saturated rings. The summed E-state index contributed by atoms with van der Waals surface area (Å²) in [5, 5.41) is 0. The number of hydrogen-bond donors (Lipinski definition) is 4. The number of fused-ring (bicyclic) bond motifs is 1. The first-order valence-electron chi connectivity index (χ1n) is 7.21. The Kier molecular flexibility index (Phi) is 5.24. The molecule has 0 aliphatic carbocycles. The van der Waals surface area contributed by atoms with Gasteiger partial charge in [0.2, 0.25) is 5.95 Å². The van der Waals surface area contributed by atoms with Crippen molar-refractivity contribution in [1.29, 1.82) is 0 Å². The summed E-state index contributed by atoms with van der Waals surface area (Å²) in [6.07, 6.45) is -2.71. The molecule has 1 aliphatic heterocycles. The maximum absolute atomic E-state index is 11.8. The molecular formula is C10H13N5O10P2-2. The summed E-state index contributed by atoms with van der Waals surface area (Å²) < 4.78 is 37.2. The Bertz CT molecular complexity index is 994. The minimum absolute atomic E-state index is 0.0209. The van der Waals surface area contributed by atoms with E-state index >= 15 is 0 Å². The van der Waals surface area contributed by atoms with Crippen LogP contribution in [-0.2, 0) is 22.9 Å². The molecule has 2 unspecified atom stereocenters. The van der Waals surface area contributed by atoms with Crippen LogP contribution in [0.4, 0.5) is 5.95 Å². The van der Waals surface area contributed by atoms with E-state index in [0.29, 0.717) is 0 Å². The molecule has 0 radical (unpaired) electrons. The Morgan fingerprint density at radius 1 is 1.41 bits per heavy atom. The fourth-order valence-electron chi connectivity index (χ4n) is 2.62. The highest BCUT2D eigenvalue weighted by molar-refractivity contribution is 7.45. The number of phosphoric acid groups is 2. The van der Waals surface area contributed by atoms with Gasteiger partial charge in [0.25, 0.3) is 21.2 Å². The molecule has 150 valence electrons. The average Bonchev–Trinajstić information content (AvgIpc) is 3.06. The van der Waals surface area contributed by atoms with E-state index in [2.05, 4.69) is 24.0 Å². The quantitative estimate of drug-likeness (QED) is 0.345. The second-order valence-corrected chi connectivity index (χ2v) is 7.86. The van der Waals surface area contributed by atoms with Crippen molar-refractivity contribution >= 4 is 32.8 Å². The third-order valence-corrected chi connectivity index (χ3v) is 4.62. The van der Waals surface area contributed by atoms with Crippen molar-refractivity contribution in [3.63, 3.8) is 0 Å². The first-order chi connectivity index (χ1) is 12.4. The highest BCUT2D eigenvalue weighted by Gasteiger charge is 2.40. The minimum atomic E-state index is -5.19. The van der Waals surface area contributed by atoms with E-state index in [0.717, 1.165) is 0 Å². The van der Waals surface area contributed by atoms with Crippen LogP contribution in [0.1, 0.15) is 12.6 Å². The number of nitrogen functional groups attached to an aromatic ring is 1. The van der Waals surface area contributed by atoms with Crippen molar-refractivity contribution in [1.82, 2.24) is 19.5 Å². The molecule has 2 aromatic rings. The first kappa shape index (κ1) is 20.1. The number of H-pyrrole nitrogens is 1. The van der Waals surface area contributed by atoms with E-state index in [-0.39, 0.29) is 23.5 Å². The summed E-state index contributed by atoms with van der Waals surface area (Å²) in [6, 6.07) is 0. The summed E-state index contributed by atoms with van der Waals surface area (Å²) in [7, 11) is -10.3. The van der Waals surface area contributed by atoms with Crippen LogP contribution in [0.5, 0.6) is 0 Å². The highest BCUT2D eigenvalue weighted by Crippen LogP contribution is 2.42. The summed E-state index contributed by atoms with van der Waals surface area (Å²) >= 11 is 0. The van der Waals surface area contributed by atoms with E-state index in [1.807, 2.05) is 0 Å². The zero-order valence-electron chi connectivity index (χ0n) is 13.2. The number of phosphoric ester groups is 2. The van der Waals surface area contributed by atoms with Crippen LogP contribution in [0, 0.1) is 0 Å². The molecule has 5 N–H and O–H groups in total. The fraction of sp³-hybridized carbons (Fsp3) is 0.500. The Labute approximate surface area is 149 Å². The third-order valence-electron chi connectivity index (χ3n) is 3.61. The Hall–Kier alpha value is -1.67. The zero-order valence-corrected chi connectivity index (χ0v) is 15.0. The standard InChI is InChI=1S/C10H15N5O10P2/c11-10-13-8-7(9(16)14-10)12-3-15(8)6-1-4(25-27(20,21)22)5(24-6)2-23-26(17,18)19/h3-6H,1-2H2,(H2,17,18,19)(H2,20,21,22)(H3,11,13,14,16)/p-2/t4-,5+,6+/m0/s1. The number of nitrogens with two attached hydrogens (primary N) is 1. The molecule has 0 spiro atoms. The zero-order chi connectivity index (χ0) is 20.0. The molecule has 0 aromatic carbocycles. The summed E-state index contributed by atoms with van der Waals surface area (Å²) in [5.41, 5.74) is 4.82. The Balaban J connectivity index is 1.90. The van der Waals surface area contributed by atoms with Crippen LogP contribution in [0.15, 0.2) is 11.1 Å². The number of anilines is 1. The Morgan fingerprint density at radius 3 is 2.74 bits per heavy atom. The highest BCUT2D eigenvalue weighted by atomic mass is 31.2. The van der Waals surface area contributed by atoms with Gasteiger partial charge in [0, 0.05) is 6.42 Å². The summed E-state index contributed by atoms with van der Waals surface area (Å²) in [4.78, 5) is 61.2. The van der Waals surface area contributed by atoms with Crippen LogP contribution >= 0.6 is 15.6 Å². The number of hydrogen-bond acceptors (Lipinski definition) is 11. The maximum atomic E-state index is 11.8. The average molecular weight is 425 g/mol. The molecule has 1 aliphatic rings. The monoisotopic (exact) mass is 425 g/mol. The second kappa shape index (κ2) is 7.05. The number of nitrogens with one attached hydrogen (secondary N) is 1. The van der Waals surface area contributed by atoms with Gasteiger partial charge in [-0.25, -0.2) is 4.98 Å². The van der Waals surface area contributed by atoms with Crippen LogP contribution in [0.2, 0.25) is 0 Å². The van der Waals surface area contributed by atoms with Gasteiger partial charge in [-0.3, -0.25) is 23.5 Å². The first-order valence-corrected chi connectivity index (χ1v) is 10.2. The van der Waals surface area contributed by atoms with Gasteiger partial charge in [0.05, 0.1) is 19.0 Å². The molecule has 3 rings (SSSR count). The van der Waals surface area contributed by atoms with Crippen molar-refractivity contribution in [3.05, 3.63) is 16.7 Å². The molecule has 1 saturated heterocycles. The van der Waals surface area contributed by atoms with Crippen LogP contribution < -0.4 is 21.1 Å². The molecule has 17 heteroatoms. The molecule has 2 aromatic heterocycles. The molecule has 0 amide bonds. The lowest BCUT2D eigenvalue weighted by atomic mass is 10.2. The van der Waals surface area contributed by atoms with Crippen molar-refractivity contribution in [2.75, 3.05) is 12.3 Å². The maximum Gasteiger partial charge on any atom is 0.280 e. The van der Waals surface area contributed by atoms with E-state index in [9.17, 15) is 23.7 Å². The number of imidazole rings is 1. The number of aromatic nitrogens is 4. The van der Waals surface area contributed by atoms with Crippen molar-refractivity contribution in [2.45, 2.75) is 24.9 Å². The molecular weight excluding hydrogens is 412 g/mol. The molecule has 0 bridgehead atoms.